The minimum Gasteiger partial charge on any atom is -0.467 e. The van der Waals surface area contributed by atoms with Crippen LogP contribution in [0.5, 0.6) is 5.75 Å². The number of ether oxygens (including phenoxy) is 2. The van der Waals surface area contributed by atoms with E-state index < -0.39 is 6.10 Å². The van der Waals surface area contributed by atoms with Crippen LogP contribution >= 0.6 is 8.58 Å². The number of benzene rings is 2. The molecule has 2 aromatic rings. The van der Waals surface area contributed by atoms with Crippen LogP contribution in [-0.2, 0) is 4.74 Å². The second kappa shape index (κ2) is 7.73. The Morgan fingerprint density at radius 3 is 2.41 bits per heavy atom. The summed E-state index contributed by atoms with van der Waals surface area (Å²) in [5.41, 5.74) is 3.33. The molecule has 0 aromatic heterocycles. The topological polar surface area (TPSA) is 38.7 Å². The van der Waals surface area contributed by atoms with Gasteiger partial charge in [0, 0.05) is 12.4 Å². The van der Waals surface area contributed by atoms with Crippen LogP contribution in [0, 0.1) is 13.8 Å². The Labute approximate surface area is 134 Å². The maximum absolute atomic E-state index is 10.0. The molecule has 0 aliphatic carbocycles. The highest BCUT2D eigenvalue weighted by Crippen LogP contribution is 2.25. The molecule has 4 heteroatoms. The number of hydrogen-bond acceptors (Lipinski definition) is 3. The predicted molar refractivity (Wildman–Crippen MR) is 93.1 cm³/mol. The third kappa shape index (κ3) is 4.30. The van der Waals surface area contributed by atoms with Gasteiger partial charge >= 0.3 is 0 Å². The highest BCUT2D eigenvalue weighted by atomic mass is 31.1. The normalized spacial score (nSPS) is 12.8. The number of methoxy groups -OCH3 is 1. The molecule has 2 atom stereocenters. The smallest absolute Gasteiger partial charge is 0.188 e. The highest BCUT2D eigenvalue weighted by Gasteiger charge is 2.12. The largest absolute Gasteiger partial charge is 0.467 e. The molecule has 118 valence electrons. The summed E-state index contributed by atoms with van der Waals surface area (Å²) in [5.74, 6) is 0.836. The summed E-state index contributed by atoms with van der Waals surface area (Å²) in [6, 6.07) is 12.4. The second-order valence-electron chi connectivity index (χ2n) is 5.44. The molecule has 0 aliphatic heterocycles. The van der Waals surface area contributed by atoms with Crippen LogP contribution in [0.15, 0.2) is 36.4 Å². The van der Waals surface area contributed by atoms with Gasteiger partial charge in [-0.2, -0.15) is 0 Å². The Balaban J connectivity index is 2.36. The summed E-state index contributed by atoms with van der Waals surface area (Å²) in [4.78, 5) is 0. The van der Waals surface area contributed by atoms with Gasteiger partial charge in [0.25, 0.3) is 0 Å². The van der Waals surface area contributed by atoms with Crippen molar-refractivity contribution in [2.24, 2.45) is 0 Å². The number of aliphatic hydroxyl groups is 1. The van der Waals surface area contributed by atoms with Gasteiger partial charge in [0.2, 0.25) is 0 Å². The Morgan fingerprint density at radius 1 is 1.05 bits per heavy atom. The van der Waals surface area contributed by atoms with E-state index in [9.17, 15) is 5.11 Å². The quantitative estimate of drug-likeness (QED) is 0.657. The summed E-state index contributed by atoms with van der Waals surface area (Å²) < 4.78 is 10.7. The number of aryl methyl sites for hydroxylation is 2. The molecule has 0 bridgehead atoms. The highest BCUT2D eigenvalue weighted by molar-refractivity contribution is 7.55. The fourth-order valence-corrected chi connectivity index (χ4v) is 3.74. The van der Waals surface area contributed by atoms with Gasteiger partial charge in [-0.1, -0.05) is 44.0 Å². The van der Waals surface area contributed by atoms with E-state index in [2.05, 4.69) is 31.2 Å². The van der Waals surface area contributed by atoms with Crippen molar-refractivity contribution in [2.75, 3.05) is 13.9 Å². The first-order valence-electron chi connectivity index (χ1n) is 7.29. The van der Waals surface area contributed by atoms with Crippen LogP contribution in [0.4, 0.5) is 0 Å². The van der Waals surface area contributed by atoms with E-state index in [1.165, 1.54) is 5.56 Å². The van der Waals surface area contributed by atoms with Crippen molar-refractivity contribution >= 4 is 19.2 Å². The van der Waals surface area contributed by atoms with Gasteiger partial charge in [-0.15, -0.1) is 0 Å². The standard InChI is InChI=1S/C18H23O3P/c1-12-6-8-17(15(9-12)14(3)19)22-18-10-13(2)5-7-16(18)21-11-20-4/h5-10,14,19,22H,11H2,1-4H3. The molecule has 0 amide bonds. The van der Waals surface area contributed by atoms with Crippen LogP contribution in [0.1, 0.15) is 29.7 Å². The zero-order valence-electron chi connectivity index (χ0n) is 13.5. The van der Waals surface area contributed by atoms with Crippen LogP contribution in [0.2, 0.25) is 0 Å². The Bertz CT molecular complexity index is 638. The van der Waals surface area contributed by atoms with E-state index in [-0.39, 0.29) is 6.79 Å². The Hall–Kier alpha value is -1.41. The summed E-state index contributed by atoms with van der Waals surface area (Å²) in [6.45, 7) is 6.15. The molecule has 2 aromatic carbocycles. The molecular formula is C18H23O3P. The summed E-state index contributed by atoms with van der Waals surface area (Å²) >= 11 is 0. The first-order chi connectivity index (χ1) is 10.5. The summed E-state index contributed by atoms with van der Waals surface area (Å²) in [7, 11) is 2.04. The van der Waals surface area contributed by atoms with E-state index in [4.69, 9.17) is 9.47 Å². The molecule has 1 N–H and O–H groups in total. The molecular weight excluding hydrogens is 295 g/mol. The van der Waals surface area contributed by atoms with Gasteiger partial charge in [0.1, 0.15) is 5.75 Å². The summed E-state index contributed by atoms with van der Waals surface area (Å²) in [6.07, 6.45) is -0.476. The monoisotopic (exact) mass is 318 g/mol. The first-order valence-corrected chi connectivity index (χ1v) is 8.29. The van der Waals surface area contributed by atoms with Gasteiger partial charge in [-0.25, -0.2) is 0 Å². The van der Waals surface area contributed by atoms with E-state index in [0.717, 1.165) is 27.5 Å². The maximum Gasteiger partial charge on any atom is 0.188 e. The number of hydrogen-bond donors (Lipinski definition) is 1. The fourth-order valence-electron chi connectivity index (χ4n) is 2.28. The average Bonchev–Trinajstić information content (AvgIpc) is 2.48. The van der Waals surface area contributed by atoms with Gasteiger partial charge in [-0.05, 0) is 43.8 Å². The lowest BCUT2D eigenvalue weighted by Crippen LogP contribution is -2.14. The van der Waals surface area contributed by atoms with Crippen LogP contribution in [-0.4, -0.2) is 19.0 Å². The van der Waals surface area contributed by atoms with Crippen molar-refractivity contribution in [1.29, 1.82) is 0 Å². The van der Waals surface area contributed by atoms with Crippen LogP contribution in [0.3, 0.4) is 0 Å². The van der Waals surface area contributed by atoms with Gasteiger partial charge in [0.15, 0.2) is 6.79 Å². The lowest BCUT2D eigenvalue weighted by molar-refractivity contribution is 0.0519. The Morgan fingerprint density at radius 2 is 1.73 bits per heavy atom. The van der Waals surface area contributed by atoms with E-state index in [1.807, 2.05) is 19.1 Å². The molecule has 3 nitrogen and oxygen atoms in total. The molecule has 0 fully saturated rings. The molecule has 0 saturated heterocycles. The van der Waals surface area contributed by atoms with Gasteiger partial charge in [-0.3, -0.25) is 0 Å². The predicted octanol–water partition coefficient (Wildman–Crippen LogP) is 2.97. The lowest BCUT2D eigenvalue weighted by atomic mass is 10.1. The minimum absolute atomic E-state index is 0.234. The zero-order valence-corrected chi connectivity index (χ0v) is 14.5. The third-order valence-corrected chi connectivity index (χ3v) is 4.78. The molecule has 0 saturated carbocycles. The molecule has 2 unspecified atom stereocenters. The van der Waals surface area contributed by atoms with Crippen LogP contribution in [0.25, 0.3) is 0 Å². The van der Waals surface area contributed by atoms with E-state index in [1.54, 1.807) is 14.0 Å². The maximum atomic E-state index is 10.0. The van der Waals surface area contributed by atoms with Crippen molar-refractivity contribution < 1.29 is 14.6 Å². The molecule has 2 rings (SSSR count). The minimum atomic E-state index is -0.476. The van der Waals surface area contributed by atoms with Crippen LogP contribution < -0.4 is 15.3 Å². The zero-order chi connectivity index (χ0) is 16.1. The van der Waals surface area contributed by atoms with Crippen molar-refractivity contribution in [1.82, 2.24) is 0 Å². The Kier molecular flexibility index (Phi) is 5.96. The third-order valence-electron chi connectivity index (χ3n) is 3.39. The first kappa shape index (κ1) is 17.0. The van der Waals surface area contributed by atoms with Gasteiger partial charge < -0.3 is 14.6 Å². The number of aliphatic hydroxyl groups excluding tert-OH is 1. The molecule has 0 spiro atoms. The number of rotatable bonds is 6. The molecule has 0 radical (unpaired) electrons. The fraction of sp³-hybridized carbons (Fsp3) is 0.333. The van der Waals surface area contributed by atoms with Crippen molar-refractivity contribution in [3.63, 3.8) is 0 Å². The van der Waals surface area contributed by atoms with E-state index in [0.29, 0.717) is 8.58 Å². The lowest BCUT2D eigenvalue weighted by Gasteiger charge is -2.16. The molecule has 22 heavy (non-hydrogen) atoms. The van der Waals surface area contributed by atoms with Crippen molar-refractivity contribution in [2.45, 2.75) is 26.9 Å². The second-order valence-corrected chi connectivity index (χ2v) is 6.77. The van der Waals surface area contributed by atoms with Gasteiger partial charge in [0.05, 0.1) is 6.10 Å². The van der Waals surface area contributed by atoms with Crippen molar-refractivity contribution in [3.05, 3.63) is 53.1 Å². The average molecular weight is 318 g/mol. The SMILES string of the molecule is COCOc1ccc(C)cc1Pc1ccc(C)cc1C(C)O. The van der Waals surface area contributed by atoms with Crippen molar-refractivity contribution in [3.8, 4) is 5.75 Å². The summed E-state index contributed by atoms with van der Waals surface area (Å²) in [5, 5.41) is 12.3. The van der Waals surface area contributed by atoms with E-state index >= 15 is 0 Å². The molecule has 0 heterocycles. The molecule has 0 aliphatic rings.